The highest BCUT2D eigenvalue weighted by Gasteiger charge is 2.18. The fourth-order valence-electron chi connectivity index (χ4n) is 3.91. The number of rotatable bonds is 3. The maximum Gasteiger partial charge on any atom is 0.161 e. The molecule has 2 N–H and O–H groups in total. The SMILES string of the molecule is CC1=CC=NCC=C1c1ccc2[nH]nc(-c3nc4c(-c5ccncc5)nccc4[nH]3)c2n1. The summed E-state index contributed by atoms with van der Waals surface area (Å²) in [6, 6.07) is 9.76. The molecule has 0 saturated heterocycles. The zero-order chi connectivity index (χ0) is 21.5. The van der Waals surface area contributed by atoms with Gasteiger partial charge in [0.25, 0.3) is 0 Å². The normalized spacial score (nSPS) is 13.9. The topological polar surface area (TPSA) is 108 Å². The number of H-pyrrole nitrogens is 2. The highest BCUT2D eigenvalue weighted by molar-refractivity contribution is 5.95. The average Bonchev–Trinajstić information content (AvgIpc) is 3.38. The van der Waals surface area contributed by atoms with Crippen LogP contribution in [0.3, 0.4) is 0 Å². The minimum absolute atomic E-state index is 0.634. The van der Waals surface area contributed by atoms with Crippen LogP contribution in [-0.4, -0.2) is 47.9 Å². The second kappa shape index (κ2) is 7.35. The fraction of sp³-hybridized carbons (Fsp3) is 0.0833. The van der Waals surface area contributed by atoms with Gasteiger partial charge < -0.3 is 4.98 Å². The summed E-state index contributed by atoms with van der Waals surface area (Å²) in [5.41, 5.74) is 8.79. The van der Waals surface area contributed by atoms with Crippen molar-refractivity contribution >= 4 is 33.9 Å². The van der Waals surface area contributed by atoms with Crippen LogP contribution in [0.1, 0.15) is 12.6 Å². The van der Waals surface area contributed by atoms with Gasteiger partial charge in [-0.2, -0.15) is 5.10 Å². The van der Waals surface area contributed by atoms with Gasteiger partial charge >= 0.3 is 0 Å². The lowest BCUT2D eigenvalue weighted by molar-refractivity contribution is 1.10. The summed E-state index contributed by atoms with van der Waals surface area (Å²) in [7, 11) is 0. The van der Waals surface area contributed by atoms with Crippen molar-refractivity contribution in [1.82, 2.24) is 35.1 Å². The first-order valence-electron chi connectivity index (χ1n) is 10.3. The molecule has 0 aromatic carbocycles. The van der Waals surface area contributed by atoms with Crippen LogP contribution in [0.4, 0.5) is 0 Å². The second-order valence-corrected chi connectivity index (χ2v) is 7.52. The number of allylic oxidation sites excluding steroid dienone is 3. The van der Waals surface area contributed by atoms with Crippen molar-refractivity contribution in [3.8, 4) is 22.8 Å². The first-order chi connectivity index (χ1) is 15.8. The number of aliphatic imine (C=N–C) groups is 1. The maximum absolute atomic E-state index is 4.94. The zero-order valence-corrected chi connectivity index (χ0v) is 17.2. The van der Waals surface area contributed by atoms with E-state index < -0.39 is 0 Å². The van der Waals surface area contributed by atoms with Crippen LogP contribution in [0, 0.1) is 0 Å². The van der Waals surface area contributed by atoms with Crippen LogP contribution >= 0.6 is 0 Å². The number of aromatic nitrogens is 7. The van der Waals surface area contributed by atoms with Gasteiger partial charge in [-0.3, -0.25) is 20.1 Å². The molecule has 0 spiro atoms. The Morgan fingerprint density at radius 1 is 0.875 bits per heavy atom. The molecule has 8 heteroatoms. The summed E-state index contributed by atoms with van der Waals surface area (Å²) in [5, 5.41) is 7.59. The Balaban J connectivity index is 1.49. The van der Waals surface area contributed by atoms with Crippen molar-refractivity contribution in [2.45, 2.75) is 6.92 Å². The van der Waals surface area contributed by atoms with E-state index in [1.165, 1.54) is 0 Å². The Kier molecular flexibility index (Phi) is 4.21. The quantitative estimate of drug-likeness (QED) is 0.452. The Labute approximate surface area is 182 Å². The highest BCUT2D eigenvalue weighted by Crippen LogP contribution is 2.31. The Bertz CT molecular complexity index is 1550. The van der Waals surface area contributed by atoms with Crippen molar-refractivity contribution in [3.63, 3.8) is 0 Å². The van der Waals surface area contributed by atoms with Crippen LogP contribution in [0.5, 0.6) is 0 Å². The smallest absolute Gasteiger partial charge is 0.161 e. The summed E-state index contributed by atoms with van der Waals surface area (Å²) >= 11 is 0. The molecule has 154 valence electrons. The van der Waals surface area contributed by atoms with E-state index in [2.05, 4.69) is 43.1 Å². The molecule has 32 heavy (non-hydrogen) atoms. The van der Waals surface area contributed by atoms with Crippen molar-refractivity contribution in [2.24, 2.45) is 4.99 Å². The van der Waals surface area contributed by atoms with E-state index >= 15 is 0 Å². The molecule has 0 saturated carbocycles. The van der Waals surface area contributed by atoms with Gasteiger partial charge in [-0.05, 0) is 48.9 Å². The van der Waals surface area contributed by atoms with E-state index in [4.69, 9.17) is 9.97 Å². The highest BCUT2D eigenvalue weighted by atomic mass is 15.2. The number of pyridine rings is 3. The molecule has 1 aliphatic heterocycles. The molecule has 5 aromatic rings. The van der Waals surface area contributed by atoms with Gasteiger partial charge in [-0.15, -0.1) is 0 Å². The largest absolute Gasteiger partial charge is 0.336 e. The molecule has 6 rings (SSSR count). The third kappa shape index (κ3) is 3.01. The van der Waals surface area contributed by atoms with Crippen molar-refractivity contribution in [3.05, 3.63) is 72.3 Å². The standard InChI is InChI=1S/C24H18N8/c1-14-4-9-25-12-7-16(14)17-2-3-19-22(28-17)23(32-31-19)24-29-18-8-13-27-20(21(18)30-24)15-5-10-26-11-6-15/h2-11,13H,12H2,1H3,(H,29,30)(H,31,32). The van der Waals surface area contributed by atoms with Crippen molar-refractivity contribution in [2.75, 3.05) is 6.54 Å². The molecule has 0 bridgehead atoms. The van der Waals surface area contributed by atoms with E-state index in [-0.39, 0.29) is 0 Å². The first kappa shape index (κ1) is 18.3. The molecule has 6 heterocycles. The first-order valence-corrected chi connectivity index (χ1v) is 10.3. The zero-order valence-electron chi connectivity index (χ0n) is 17.2. The van der Waals surface area contributed by atoms with Crippen LogP contribution in [0.2, 0.25) is 0 Å². The molecule has 1 aliphatic rings. The van der Waals surface area contributed by atoms with E-state index in [0.29, 0.717) is 18.1 Å². The van der Waals surface area contributed by atoms with Crippen LogP contribution in [-0.2, 0) is 0 Å². The van der Waals surface area contributed by atoms with Crippen LogP contribution < -0.4 is 0 Å². The minimum Gasteiger partial charge on any atom is -0.336 e. The molecule has 8 nitrogen and oxygen atoms in total. The van der Waals surface area contributed by atoms with Crippen LogP contribution in [0.15, 0.2) is 71.6 Å². The fourth-order valence-corrected chi connectivity index (χ4v) is 3.91. The number of nitrogens with one attached hydrogen (secondary N) is 2. The monoisotopic (exact) mass is 418 g/mol. The Morgan fingerprint density at radius 3 is 2.66 bits per heavy atom. The van der Waals surface area contributed by atoms with E-state index in [1.807, 2.05) is 42.6 Å². The average molecular weight is 418 g/mol. The molecule has 0 atom stereocenters. The summed E-state index contributed by atoms with van der Waals surface area (Å²) in [6.07, 6.45) is 11.2. The lowest BCUT2D eigenvalue weighted by atomic mass is 10.0. The van der Waals surface area contributed by atoms with Gasteiger partial charge in [0, 0.05) is 35.9 Å². The maximum atomic E-state index is 4.94. The lowest BCUT2D eigenvalue weighted by Crippen LogP contribution is -1.93. The summed E-state index contributed by atoms with van der Waals surface area (Å²) < 4.78 is 0. The van der Waals surface area contributed by atoms with Gasteiger partial charge in [0.05, 0.1) is 29.0 Å². The molecular formula is C24H18N8. The number of imidazole rings is 1. The summed E-state index contributed by atoms with van der Waals surface area (Å²) in [4.78, 5) is 26.1. The van der Waals surface area contributed by atoms with Crippen LogP contribution in [0.25, 0.3) is 50.4 Å². The molecular weight excluding hydrogens is 400 g/mol. The Hall–Kier alpha value is -4.46. The van der Waals surface area contributed by atoms with Crippen molar-refractivity contribution < 1.29 is 0 Å². The van der Waals surface area contributed by atoms with Crippen molar-refractivity contribution in [1.29, 1.82) is 0 Å². The number of hydrogen-bond donors (Lipinski definition) is 2. The molecule has 0 amide bonds. The van der Waals surface area contributed by atoms with Gasteiger partial charge in [0.1, 0.15) is 11.0 Å². The summed E-state index contributed by atoms with van der Waals surface area (Å²) in [5.74, 6) is 0.643. The van der Waals surface area contributed by atoms with E-state index in [1.54, 1.807) is 18.6 Å². The second-order valence-electron chi connectivity index (χ2n) is 7.52. The predicted octanol–water partition coefficient (Wildman–Crippen LogP) is 4.37. The molecule has 0 unspecified atom stereocenters. The predicted molar refractivity (Wildman–Crippen MR) is 125 cm³/mol. The van der Waals surface area contributed by atoms with Gasteiger partial charge in [0.15, 0.2) is 11.5 Å². The number of fused-ring (bicyclic) bond motifs is 2. The molecule has 5 aromatic heterocycles. The third-order valence-corrected chi connectivity index (χ3v) is 5.52. The van der Waals surface area contributed by atoms with E-state index in [0.717, 1.165) is 50.2 Å². The molecule has 0 fully saturated rings. The van der Waals surface area contributed by atoms with Gasteiger partial charge in [-0.1, -0.05) is 6.08 Å². The molecule has 0 aliphatic carbocycles. The molecule has 0 radical (unpaired) electrons. The minimum atomic E-state index is 0.634. The number of hydrogen-bond acceptors (Lipinski definition) is 6. The Morgan fingerprint density at radius 2 is 1.75 bits per heavy atom. The number of nitrogens with zero attached hydrogens (tertiary/aromatic N) is 6. The number of aromatic amines is 2. The lowest BCUT2D eigenvalue weighted by Gasteiger charge is -2.06. The van der Waals surface area contributed by atoms with E-state index in [9.17, 15) is 0 Å². The van der Waals surface area contributed by atoms with Gasteiger partial charge in [-0.25, -0.2) is 9.97 Å². The van der Waals surface area contributed by atoms with Gasteiger partial charge in [0.2, 0.25) is 0 Å². The summed E-state index contributed by atoms with van der Waals surface area (Å²) in [6.45, 7) is 2.70. The third-order valence-electron chi connectivity index (χ3n) is 5.52.